The van der Waals surface area contributed by atoms with E-state index in [2.05, 4.69) is 4.98 Å². The molecule has 0 atom stereocenters. The minimum absolute atomic E-state index is 0.0315. The number of aromatic nitrogens is 1. The van der Waals surface area contributed by atoms with Crippen LogP contribution < -0.4 is 0 Å². The molecule has 0 fully saturated rings. The number of fused-ring (bicyclic) bond motifs is 1. The number of benzene rings is 2. The lowest BCUT2D eigenvalue weighted by atomic mass is 10.1. The van der Waals surface area contributed by atoms with Crippen molar-refractivity contribution in [3.8, 4) is 0 Å². The third-order valence-corrected chi connectivity index (χ3v) is 4.47. The zero-order valence-electron chi connectivity index (χ0n) is 14.9. The first-order valence-electron chi connectivity index (χ1n) is 8.74. The second-order valence-corrected chi connectivity index (χ2v) is 6.34. The summed E-state index contributed by atoms with van der Waals surface area (Å²) in [7, 11) is 0. The summed E-state index contributed by atoms with van der Waals surface area (Å²) >= 11 is 0. The van der Waals surface area contributed by atoms with E-state index in [0.717, 1.165) is 5.56 Å². The number of amides is 2. The van der Waals surface area contributed by atoms with Gasteiger partial charge in [-0.2, -0.15) is 0 Å². The summed E-state index contributed by atoms with van der Waals surface area (Å²) in [6.45, 7) is 0.219. The van der Waals surface area contributed by atoms with Crippen LogP contribution in [0.15, 0.2) is 72.9 Å². The van der Waals surface area contributed by atoms with Crippen molar-refractivity contribution in [2.24, 2.45) is 0 Å². The summed E-state index contributed by atoms with van der Waals surface area (Å²) < 4.78 is 5.25. The number of esters is 1. The van der Waals surface area contributed by atoms with Gasteiger partial charge < -0.3 is 4.74 Å². The van der Waals surface area contributed by atoms with Crippen LogP contribution in [-0.2, 0) is 17.9 Å². The number of nitrogens with zero attached hydrogens (tertiary/aromatic N) is 2. The topological polar surface area (TPSA) is 76.6 Å². The Morgan fingerprint density at radius 1 is 0.893 bits per heavy atom. The van der Waals surface area contributed by atoms with Crippen molar-refractivity contribution in [1.29, 1.82) is 0 Å². The largest absolute Gasteiger partial charge is 0.456 e. The van der Waals surface area contributed by atoms with Gasteiger partial charge in [-0.3, -0.25) is 19.5 Å². The van der Waals surface area contributed by atoms with E-state index in [-0.39, 0.29) is 30.2 Å². The molecule has 0 N–H and O–H groups in total. The van der Waals surface area contributed by atoms with E-state index >= 15 is 0 Å². The van der Waals surface area contributed by atoms with E-state index in [0.29, 0.717) is 11.3 Å². The van der Waals surface area contributed by atoms with Crippen molar-refractivity contribution in [3.05, 3.63) is 101 Å². The number of hydrogen-bond donors (Lipinski definition) is 0. The SMILES string of the molecule is O=C(OCc1ccccn1)c1ccc2c(c1)C(=O)N(Cc1ccccc1)C2=O. The third-order valence-electron chi connectivity index (χ3n) is 4.47. The van der Waals surface area contributed by atoms with Crippen molar-refractivity contribution in [2.75, 3.05) is 0 Å². The summed E-state index contributed by atoms with van der Waals surface area (Å²) in [5.41, 5.74) is 2.21. The molecule has 0 spiro atoms. The minimum atomic E-state index is -0.574. The maximum absolute atomic E-state index is 12.7. The molecule has 2 amide bonds. The van der Waals surface area contributed by atoms with E-state index in [1.807, 2.05) is 30.3 Å². The fourth-order valence-corrected chi connectivity index (χ4v) is 3.03. The Labute approximate surface area is 161 Å². The van der Waals surface area contributed by atoms with Crippen LogP contribution >= 0.6 is 0 Å². The van der Waals surface area contributed by atoms with Crippen LogP contribution in [0.1, 0.15) is 42.3 Å². The molecule has 1 aliphatic heterocycles. The Kier molecular flexibility index (Phi) is 4.68. The zero-order valence-corrected chi connectivity index (χ0v) is 14.9. The van der Waals surface area contributed by atoms with Gasteiger partial charge in [0.2, 0.25) is 0 Å². The molecular weight excluding hydrogens is 356 g/mol. The number of carbonyl (C=O) groups excluding carboxylic acids is 3. The smallest absolute Gasteiger partial charge is 0.338 e. The molecule has 0 saturated heterocycles. The Bertz CT molecular complexity index is 1050. The number of pyridine rings is 1. The van der Waals surface area contributed by atoms with Gasteiger partial charge in [-0.05, 0) is 35.9 Å². The predicted octanol–water partition coefficient (Wildman–Crippen LogP) is 3.23. The fourth-order valence-electron chi connectivity index (χ4n) is 3.03. The lowest BCUT2D eigenvalue weighted by Gasteiger charge is -2.13. The summed E-state index contributed by atoms with van der Waals surface area (Å²) in [6.07, 6.45) is 1.62. The second-order valence-electron chi connectivity index (χ2n) is 6.34. The van der Waals surface area contributed by atoms with Crippen molar-refractivity contribution in [3.63, 3.8) is 0 Å². The van der Waals surface area contributed by atoms with Crippen LogP contribution in [0.5, 0.6) is 0 Å². The number of hydrogen-bond acceptors (Lipinski definition) is 5. The average Bonchev–Trinajstić information content (AvgIpc) is 2.98. The molecule has 0 saturated carbocycles. The molecule has 1 aromatic heterocycles. The normalized spacial score (nSPS) is 12.8. The average molecular weight is 372 g/mol. The molecule has 138 valence electrons. The molecule has 6 nitrogen and oxygen atoms in total. The van der Waals surface area contributed by atoms with Crippen LogP contribution in [0.4, 0.5) is 0 Å². The molecule has 0 unspecified atom stereocenters. The van der Waals surface area contributed by atoms with Gasteiger partial charge in [0.1, 0.15) is 6.61 Å². The van der Waals surface area contributed by atoms with Crippen LogP contribution in [0, 0.1) is 0 Å². The predicted molar refractivity (Wildman–Crippen MR) is 100 cm³/mol. The highest BCUT2D eigenvalue weighted by Gasteiger charge is 2.36. The van der Waals surface area contributed by atoms with Gasteiger partial charge in [0, 0.05) is 6.20 Å². The molecule has 2 aromatic carbocycles. The Morgan fingerprint density at radius 3 is 2.39 bits per heavy atom. The maximum Gasteiger partial charge on any atom is 0.338 e. The van der Waals surface area contributed by atoms with Gasteiger partial charge in [0.15, 0.2) is 0 Å². The van der Waals surface area contributed by atoms with Crippen LogP contribution in [0.2, 0.25) is 0 Å². The molecule has 2 heterocycles. The lowest BCUT2D eigenvalue weighted by molar-refractivity contribution is 0.0467. The Hall–Kier alpha value is -3.80. The molecule has 0 bridgehead atoms. The monoisotopic (exact) mass is 372 g/mol. The zero-order chi connectivity index (χ0) is 19.5. The number of carbonyl (C=O) groups is 3. The fraction of sp³-hybridized carbons (Fsp3) is 0.0909. The first-order chi connectivity index (χ1) is 13.6. The molecule has 0 aliphatic carbocycles. The Morgan fingerprint density at radius 2 is 1.64 bits per heavy atom. The van der Waals surface area contributed by atoms with Crippen molar-refractivity contribution in [2.45, 2.75) is 13.2 Å². The minimum Gasteiger partial charge on any atom is -0.456 e. The molecule has 0 radical (unpaired) electrons. The molecule has 4 rings (SSSR count). The number of rotatable bonds is 5. The van der Waals surface area contributed by atoms with E-state index in [9.17, 15) is 14.4 Å². The summed E-state index contributed by atoms with van der Waals surface area (Å²) in [5.74, 6) is -1.35. The van der Waals surface area contributed by atoms with E-state index < -0.39 is 11.9 Å². The highest BCUT2D eigenvalue weighted by molar-refractivity contribution is 6.21. The van der Waals surface area contributed by atoms with Crippen LogP contribution in [0.25, 0.3) is 0 Å². The lowest BCUT2D eigenvalue weighted by Crippen LogP contribution is -2.29. The second kappa shape index (κ2) is 7.44. The van der Waals surface area contributed by atoms with Gasteiger partial charge in [0.05, 0.1) is 28.9 Å². The van der Waals surface area contributed by atoms with Gasteiger partial charge in [-0.25, -0.2) is 4.79 Å². The highest BCUT2D eigenvalue weighted by atomic mass is 16.5. The van der Waals surface area contributed by atoms with Gasteiger partial charge in [-0.15, -0.1) is 0 Å². The molecular formula is C22H16N2O4. The highest BCUT2D eigenvalue weighted by Crippen LogP contribution is 2.26. The third kappa shape index (κ3) is 3.40. The first-order valence-corrected chi connectivity index (χ1v) is 8.74. The molecule has 6 heteroatoms. The number of imide groups is 1. The quantitative estimate of drug-likeness (QED) is 0.508. The van der Waals surface area contributed by atoms with E-state index in [4.69, 9.17) is 4.74 Å². The standard InChI is InChI=1S/C22H16N2O4/c25-20-18-10-9-16(22(27)28-14-17-8-4-5-11-23-17)12-19(18)21(26)24(20)13-15-6-2-1-3-7-15/h1-12H,13-14H2. The first kappa shape index (κ1) is 17.6. The van der Waals surface area contributed by atoms with Gasteiger partial charge in [-0.1, -0.05) is 36.4 Å². The summed E-state index contributed by atoms with van der Waals surface area (Å²) in [4.78, 5) is 42.9. The molecule has 1 aliphatic rings. The van der Waals surface area contributed by atoms with Gasteiger partial charge in [0.25, 0.3) is 11.8 Å². The molecule has 3 aromatic rings. The summed E-state index contributed by atoms with van der Waals surface area (Å²) in [6, 6.07) is 19.0. The van der Waals surface area contributed by atoms with Crippen LogP contribution in [0.3, 0.4) is 0 Å². The van der Waals surface area contributed by atoms with Crippen molar-refractivity contribution >= 4 is 17.8 Å². The van der Waals surface area contributed by atoms with Crippen molar-refractivity contribution in [1.82, 2.24) is 9.88 Å². The van der Waals surface area contributed by atoms with E-state index in [1.165, 1.54) is 23.1 Å². The van der Waals surface area contributed by atoms with E-state index in [1.54, 1.807) is 24.4 Å². The van der Waals surface area contributed by atoms with Gasteiger partial charge >= 0.3 is 5.97 Å². The maximum atomic E-state index is 12.7. The summed E-state index contributed by atoms with van der Waals surface area (Å²) in [5, 5.41) is 0. The van der Waals surface area contributed by atoms with Crippen LogP contribution in [-0.4, -0.2) is 27.7 Å². The number of ether oxygens (including phenoxy) is 1. The van der Waals surface area contributed by atoms with Crippen molar-refractivity contribution < 1.29 is 19.1 Å². The Balaban J connectivity index is 1.51. The molecule has 28 heavy (non-hydrogen) atoms.